The molecule has 0 spiro atoms. The number of benzene rings is 1. The van der Waals surface area contributed by atoms with E-state index in [1.165, 1.54) is 6.07 Å². The van der Waals surface area contributed by atoms with Crippen molar-refractivity contribution in [3.63, 3.8) is 0 Å². The van der Waals surface area contributed by atoms with Crippen molar-refractivity contribution in [2.45, 2.75) is 13.5 Å². The van der Waals surface area contributed by atoms with Crippen molar-refractivity contribution in [3.05, 3.63) is 59.4 Å². The van der Waals surface area contributed by atoms with Gasteiger partial charge in [0, 0.05) is 24.5 Å². The lowest BCUT2D eigenvalue weighted by molar-refractivity contribution is 0.0950. The highest BCUT2D eigenvalue weighted by Gasteiger charge is 2.07. The number of aromatic nitrogens is 1. The van der Waals surface area contributed by atoms with Crippen molar-refractivity contribution < 1.29 is 9.90 Å². The van der Waals surface area contributed by atoms with E-state index in [-0.39, 0.29) is 11.7 Å². The minimum atomic E-state index is -0.206. The van der Waals surface area contributed by atoms with E-state index < -0.39 is 0 Å². The van der Waals surface area contributed by atoms with E-state index in [1.54, 1.807) is 31.5 Å². The zero-order valence-corrected chi connectivity index (χ0v) is 10.1. The maximum absolute atomic E-state index is 11.8. The van der Waals surface area contributed by atoms with Gasteiger partial charge in [0.2, 0.25) is 0 Å². The molecule has 92 valence electrons. The number of nitrogens with one attached hydrogen (secondary N) is 1. The van der Waals surface area contributed by atoms with Crippen LogP contribution in [0.2, 0.25) is 0 Å². The average molecular weight is 242 g/mol. The molecule has 0 aliphatic rings. The first-order valence-electron chi connectivity index (χ1n) is 5.63. The Morgan fingerprint density at radius 1 is 1.28 bits per heavy atom. The van der Waals surface area contributed by atoms with Gasteiger partial charge in [0.1, 0.15) is 5.75 Å². The van der Waals surface area contributed by atoms with Gasteiger partial charge in [-0.15, -0.1) is 0 Å². The lowest BCUT2D eigenvalue weighted by Gasteiger charge is -2.06. The molecule has 0 bridgehead atoms. The molecule has 1 aromatic carbocycles. The summed E-state index contributed by atoms with van der Waals surface area (Å²) in [5, 5.41) is 12.3. The van der Waals surface area contributed by atoms with Gasteiger partial charge in [-0.2, -0.15) is 0 Å². The Morgan fingerprint density at radius 3 is 2.67 bits per heavy atom. The van der Waals surface area contributed by atoms with Gasteiger partial charge in [0.15, 0.2) is 0 Å². The molecule has 0 unspecified atom stereocenters. The highest BCUT2D eigenvalue weighted by Crippen LogP contribution is 2.17. The van der Waals surface area contributed by atoms with E-state index in [2.05, 4.69) is 10.3 Å². The minimum absolute atomic E-state index is 0.131. The minimum Gasteiger partial charge on any atom is -0.508 e. The molecular formula is C14H14N2O2. The third-order valence-corrected chi connectivity index (χ3v) is 2.67. The number of hydrogen-bond donors (Lipinski definition) is 2. The number of phenolic OH excluding ortho intramolecular Hbond substituents is 1. The summed E-state index contributed by atoms with van der Waals surface area (Å²) in [6.07, 6.45) is 3.36. The second kappa shape index (κ2) is 5.31. The van der Waals surface area contributed by atoms with Crippen LogP contribution in [-0.2, 0) is 6.54 Å². The van der Waals surface area contributed by atoms with E-state index >= 15 is 0 Å². The van der Waals surface area contributed by atoms with Gasteiger partial charge < -0.3 is 10.4 Å². The Morgan fingerprint density at radius 2 is 2.00 bits per heavy atom. The molecule has 0 saturated heterocycles. The van der Waals surface area contributed by atoms with Gasteiger partial charge >= 0.3 is 0 Å². The largest absolute Gasteiger partial charge is 0.508 e. The van der Waals surface area contributed by atoms with Gasteiger partial charge in [-0.3, -0.25) is 9.78 Å². The number of pyridine rings is 1. The van der Waals surface area contributed by atoms with Crippen LogP contribution < -0.4 is 5.32 Å². The maximum atomic E-state index is 11.8. The molecule has 2 rings (SSSR count). The molecule has 1 heterocycles. The summed E-state index contributed by atoms with van der Waals surface area (Å²) in [6, 6.07) is 8.56. The molecule has 0 aliphatic heterocycles. The predicted molar refractivity (Wildman–Crippen MR) is 68.3 cm³/mol. The van der Waals surface area contributed by atoms with Crippen LogP contribution in [0.4, 0.5) is 0 Å². The second-order valence-electron chi connectivity index (χ2n) is 4.04. The third kappa shape index (κ3) is 2.85. The number of rotatable bonds is 3. The third-order valence-electron chi connectivity index (χ3n) is 2.67. The molecule has 2 aromatic rings. The fourth-order valence-corrected chi connectivity index (χ4v) is 1.54. The van der Waals surface area contributed by atoms with Gasteiger partial charge in [-0.1, -0.05) is 6.07 Å². The monoisotopic (exact) mass is 242 g/mol. The van der Waals surface area contributed by atoms with E-state index in [0.717, 1.165) is 11.1 Å². The van der Waals surface area contributed by atoms with Crippen molar-refractivity contribution >= 4 is 5.91 Å². The Labute approximate surface area is 105 Å². The lowest BCUT2D eigenvalue weighted by Crippen LogP contribution is -2.22. The van der Waals surface area contributed by atoms with Crippen LogP contribution >= 0.6 is 0 Å². The molecule has 0 aliphatic carbocycles. The molecule has 0 saturated carbocycles. The van der Waals surface area contributed by atoms with E-state index in [9.17, 15) is 9.90 Å². The van der Waals surface area contributed by atoms with Crippen molar-refractivity contribution in [1.29, 1.82) is 0 Å². The summed E-state index contributed by atoms with van der Waals surface area (Å²) in [5.74, 6) is -0.0753. The summed E-state index contributed by atoms with van der Waals surface area (Å²) in [7, 11) is 0. The van der Waals surface area contributed by atoms with E-state index in [4.69, 9.17) is 0 Å². The van der Waals surface area contributed by atoms with Gasteiger partial charge in [-0.05, 0) is 42.3 Å². The molecule has 4 nitrogen and oxygen atoms in total. The lowest BCUT2D eigenvalue weighted by atomic mass is 10.1. The van der Waals surface area contributed by atoms with E-state index in [0.29, 0.717) is 12.1 Å². The summed E-state index contributed by atoms with van der Waals surface area (Å²) < 4.78 is 0. The van der Waals surface area contributed by atoms with Gasteiger partial charge in [-0.25, -0.2) is 0 Å². The Bertz CT molecular complexity index is 553. The van der Waals surface area contributed by atoms with Crippen molar-refractivity contribution in [3.8, 4) is 5.75 Å². The fourth-order valence-electron chi connectivity index (χ4n) is 1.54. The highest BCUT2D eigenvalue weighted by molar-refractivity contribution is 5.94. The first kappa shape index (κ1) is 12.1. The van der Waals surface area contributed by atoms with Gasteiger partial charge in [0.05, 0.1) is 0 Å². The number of aromatic hydroxyl groups is 1. The SMILES string of the molecule is Cc1ccc(C(=O)NCc2ccncc2)cc1O. The van der Waals surface area contributed by atoms with Crippen molar-refractivity contribution in [2.24, 2.45) is 0 Å². The quantitative estimate of drug-likeness (QED) is 0.865. The Kier molecular flexibility index (Phi) is 3.57. The summed E-state index contributed by atoms with van der Waals surface area (Å²) in [4.78, 5) is 15.7. The highest BCUT2D eigenvalue weighted by atomic mass is 16.3. The van der Waals surface area contributed by atoms with E-state index in [1.807, 2.05) is 12.1 Å². The van der Waals surface area contributed by atoms with Crippen LogP contribution in [0.5, 0.6) is 5.75 Å². The first-order valence-corrected chi connectivity index (χ1v) is 5.63. The summed E-state index contributed by atoms with van der Waals surface area (Å²) >= 11 is 0. The smallest absolute Gasteiger partial charge is 0.251 e. The maximum Gasteiger partial charge on any atom is 0.251 e. The number of carbonyl (C=O) groups excluding carboxylic acids is 1. The molecule has 1 amide bonds. The first-order chi connectivity index (χ1) is 8.66. The Balaban J connectivity index is 2.02. The number of amides is 1. The molecule has 0 radical (unpaired) electrons. The second-order valence-corrected chi connectivity index (χ2v) is 4.04. The Hall–Kier alpha value is -2.36. The standard InChI is InChI=1S/C14H14N2O2/c1-10-2-3-12(8-13(10)17)14(18)16-9-11-4-6-15-7-5-11/h2-8,17H,9H2,1H3,(H,16,18). The number of aryl methyl sites for hydroxylation is 1. The van der Waals surface area contributed by atoms with Crippen LogP contribution in [0.25, 0.3) is 0 Å². The van der Waals surface area contributed by atoms with Crippen molar-refractivity contribution in [1.82, 2.24) is 10.3 Å². The number of carbonyl (C=O) groups is 1. The number of hydrogen-bond acceptors (Lipinski definition) is 3. The zero-order chi connectivity index (χ0) is 13.0. The molecular weight excluding hydrogens is 228 g/mol. The van der Waals surface area contributed by atoms with Gasteiger partial charge in [0.25, 0.3) is 5.91 Å². The zero-order valence-electron chi connectivity index (χ0n) is 10.1. The molecule has 4 heteroatoms. The normalized spacial score (nSPS) is 10.1. The van der Waals surface area contributed by atoms with Crippen molar-refractivity contribution in [2.75, 3.05) is 0 Å². The van der Waals surface area contributed by atoms with Crippen LogP contribution in [0.1, 0.15) is 21.5 Å². The molecule has 0 fully saturated rings. The van der Waals surface area contributed by atoms with Crippen LogP contribution in [0, 0.1) is 6.92 Å². The van der Waals surface area contributed by atoms with Crippen LogP contribution in [0.15, 0.2) is 42.7 Å². The number of nitrogens with zero attached hydrogens (tertiary/aromatic N) is 1. The van der Waals surface area contributed by atoms with Crippen LogP contribution in [0.3, 0.4) is 0 Å². The average Bonchev–Trinajstić information content (AvgIpc) is 2.40. The summed E-state index contributed by atoms with van der Waals surface area (Å²) in [6.45, 7) is 2.23. The summed E-state index contributed by atoms with van der Waals surface area (Å²) in [5.41, 5.74) is 2.18. The van der Waals surface area contributed by atoms with Crippen LogP contribution in [-0.4, -0.2) is 16.0 Å². The fraction of sp³-hybridized carbons (Fsp3) is 0.143. The molecule has 18 heavy (non-hydrogen) atoms. The number of phenols is 1. The topological polar surface area (TPSA) is 62.2 Å². The molecule has 1 aromatic heterocycles. The molecule has 2 N–H and O–H groups in total. The molecule has 0 atom stereocenters. The predicted octanol–water partition coefficient (Wildman–Crippen LogP) is 2.03.